The van der Waals surface area contributed by atoms with E-state index in [0.717, 1.165) is 23.1 Å². The second-order valence-corrected chi connectivity index (χ2v) is 3.85. The molecule has 96 valence electrons. The highest BCUT2D eigenvalue weighted by atomic mass is 16.6. The van der Waals surface area contributed by atoms with Gasteiger partial charge in [-0.05, 0) is 17.7 Å². The predicted octanol–water partition coefficient (Wildman–Crippen LogP) is 1.19. The highest BCUT2D eigenvalue weighted by molar-refractivity contribution is 5.79. The minimum Gasteiger partial charge on any atom is -0.486 e. The number of benzene rings is 1. The number of carboxylic acid groups (broad SMARTS) is 1. The van der Waals surface area contributed by atoms with Crippen LogP contribution in [0.5, 0.6) is 11.5 Å². The molecule has 0 bridgehead atoms. The first kappa shape index (κ1) is 12.4. The lowest BCUT2D eigenvalue weighted by atomic mass is 10.2. The lowest BCUT2D eigenvalue weighted by molar-refractivity contribution is -0.131. The SMILES string of the molecule is O=C(O)/C=C/CNCc1ccc2c(c1)OCCO2. The fourth-order valence-corrected chi connectivity index (χ4v) is 1.66. The zero-order valence-corrected chi connectivity index (χ0v) is 9.89. The van der Waals surface area contributed by atoms with Crippen LogP contribution in [0.4, 0.5) is 0 Å². The first-order chi connectivity index (χ1) is 8.75. The smallest absolute Gasteiger partial charge is 0.328 e. The second-order valence-electron chi connectivity index (χ2n) is 3.85. The zero-order valence-electron chi connectivity index (χ0n) is 9.89. The summed E-state index contributed by atoms with van der Waals surface area (Å²) >= 11 is 0. The molecule has 1 aromatic carbocycles. The third kappa shape index (κ3) is 3.49. The van der Waals surface area contributed by atoms with Crippen molar-refractivity contribution in [3.8, 4) is 11.5 Å². The maximum absolute atomic E-state index is 10.2. The van der Waals surface area contributed by atoms with Crippen LogP contribution in [0.3, 0.4) is 0 Å². The number of carboxylic acids is 1. The Hall–Kier alpha value is -2.01. The lowest BCUT2D eigenvalue weighted by Crippen LogP contribution is -2.17. The molecule has 0 spiro atoms. The molecule has 0 unspecified atom stereocenters. The standard InChI is InChI=1S/C13H15NO4/c15-13(16)2-1-5-14-9-10-3-4-11-12(8-10)18-7-6-17-11/h1-4,8,14H,5-7,9H2,(H,15,16)/b2-1+. The van der Waals surface area contributed by atoms with Crippen molar-refractivity contribution in [2.45, 2.75) is 6.54 Å². The van der Waals surface area contributed by atoms with Crippen molar-refractivity contribution in [1.82, 2.24) is 5.32 Å². The number of nitrogens with one attached hydrogen (secondary N) is 1. The monoisotopic (exact) mass is 249 g/mol. The maximum Gasteiger partial charge on any atom is 0.328 e. The fourth-order valence-electron chi connectivity index (χ4n) is 1.66. The van der Waals surface area contributed by atoms with Gasteiger partial charge in [-0.25, -0.2) is 4.79 Å². The summed E-state index contributed by atoms with van der Waals surface area (Å²) in [6.45, 7) is 2.33. The molecule has 1 aromatic rings. The number of carbonyl (C=O) groups is 1. The van der Waals surface area contributed by atoms with Gasteiger partial charge >= 0.3 is 5.97 Å². The molecule has 2 N–H and O–H groups in total. The molecule has 0 atom stereocenters. The Bertz CT molecular complexity index is 456. The van der Waals surface area contributed by atoms with Gasteiger partial charge in [-0.1, -0.05) is 12.1 Å². The van der Waals surface area contributed by atoms with Gasteiger partial charge in [0.1, 0.15) is 13.2 Å². The molecule has 18 heavy (non-hydrogen) atoms. The number of fused-ring (bicyclic) bond motifs is 1. The summed E-state index contributed by atoms with van der Waals surface area (Å²) in [4.78, 5) is 10.2. The van der Waals surface area contributed by atoms with Crippen molar-refractivity contribution < 1.29 is 19.4 Å². The molecule has 0 aromatic heterocycles. The fraction of sp³-hybridized carbons (Fsp3) is 0.308. The van der Waals surface area contributed by atoms with Crippen molar-refractivity contribution in [2.75, 3.05) is 19.8 Å². The molecule has 0 saturated carbocycles. The number of rotatable bonds is 5. The molecule has 1 aliphatic rings. The normalized spacial score (nSPS) is 13.8. The average Bonchev–Trinajstić information content (AvgIpc) is 2.38. The molecule has 5 heteroatoms. The van der Waals surface area contributed by atoms with Crippen molar-refractivity contribution in [3.05, 3.63) is 35.9 Å². The van der Waals surface area contributed by atoms with Crippen LogP contribution in [0.2, 0.25) is 0 Å². The minimum absolute atomic E-state index is 0.515. The molecule has 0 radical (unpaired) electrons. The molecule has 0 saturated heterocycles. The van der Waals surface area contributed by atoms with E-state index in [2.05, 4.69) is 5.32 Å². The van der Waals surface area contributed by atoms with Gasteiger partial charge in [0.25, 0.3) is 0 Å². The summed E-state index contributed by atoms with van der Waals surface area (Å²) < 4.78 is 10.9. The quantitative estimate of drug-likeness (QED) is 0.606. The van der Waals surface area contributed by atoms with Crippen LogP contribution in [0.1, 0.15) is 5.56 Å². The summed E-state index contributed by atoms with van der Waals surface area (Å²) in [6.07, 6.45) is 2.69. The number of ether oxygens (including phenoxy) is 2. The molecule has 0 aliphatic carbocycles. The second kappa shape index (κ2) is 6.07. The van der Waals surface area contributed by atoms with Crippen molar-refractivity contribution in [1.29, 1.82) is 0 Å². The predicted molar refractivity (Wildman–Crippen MR) is 65.9 cm³/mol. The van der Waals surface area contributed by atoms with Crippen LogP contribution in [-0.4, -0.2) is 30.8 Å². The van der Waals surface area contributed by atoms with Gasteiger partial charge in [-0.3, -0.25) is 0 Å². The van der Waals surface area contributed by atoms with E-state index in [1.54, 1.807) is 6.08 Å². The molecule has 2 rings (SSSR count). The minimum atomic E-state index is -0.934. The molecule has 0 fully saturated rings. The van der Waals surface area contributed by atoms with Crippen LogP contribution in [0.15, 0.2) is 30.4 Å². The van der Waals surface area contributed by atoms with E-state index in [9.17, 15) is 4.79 Å². The van der Waals surface area contributed by atoms with E-state index in [-0.39, 0.29) is 0 Å². The van der Waals surface area contributed by atoms with Gasteiger partial charge in [0.2, 0.25) is 0 Å². The summed E-state index contributed by atoms with van der Waals surface area (Å²) in [5.41, 5.74) is 1.07. The van der Waals surface area contributed by atoms with Gasteiger partial charge in [-0.2, -0.15) is 0 Å². The van der Waals surface area contributed by atoms with Crippen molar-refractivity contribution in [3.63, 3.8) is 0 Å². The Morgan fingerprint density at radius 3 is 2.89 bits per heavy atom. The number of hydrogen-bond donors (Lipinski definition) is 2. The summed E-state index contributed by atoms with van der Waals surface area (Å²) in [7, 11) is 0. The van der Waals surface area contributed by atoms with E-state index in [4.69, 9.17) is 14.6 Å². The molecular weight excluding hydrogens is 234 g/mol. The van der Waals surface area contributed by atoms with E-state index < -0.39 is 5.97 Å². The molecule has 1 aliphatic heterocycles. The third-order valence-electron chi connectivity index (χ3n) is 2.46. The highest BCUT2D eigenvalue weighted by Crippen LogP contribution is 2.30. The molecule has 5 nitrogen and oxygen atoms in total. The first-order valence-corrected chi connectivity index (χ1v) is 5.74. The van der Waals surface area contributed by atoms with E-state index in [1.807, 2.05) is 18.2 Å². The summed E-state index contributed by atoms with van der Waals surface area (Å²) in [5.74, 6) is 0.605. The van der Waals surface area contributed by atoms with Crippen molar-refractivity contribution >= 4 is 5.97 Å². The zero-order chi connectivity index (χ0) is 12.8. The van der Waals surface area contributed by atoms with E-state index in [0.29, 0.717) is 26.3 Å². The molecular formula is C13H15NO4. The molecule has 0 amide bonds. The van der Waals surface area contributed by atoms with Gasteiger partial charge in [0, 0.05) is 19.2 Å². The Morgan fingerprint density at radius 2 is 2.11 bits per heavy atom. The maximum atomic E-state index is 10.2. The largest absolute Gasteiger partial charge is 0.486 e. The van der Waals surface area contributed by atoms with Crippen LogP contribution in [0.25, 0.3) is 0 Å². The van der Waals surface area contributed by atoms with E-state index in [1.165, 1.54) is 0 Å². The van der Waals surface area contributed by atoms with Crippen molar-refractivity contribution in [2.24, 2.45) is 0 Å². The topological polar surface area (TPSA) is 67.8 Å². The Balaban J connectivity index is 1.84. The number of hydrogen-bond acceptors (Lipinski definition) is 4. The van der Waals surface area contributed by atoms with Crippen LogP contribution >= 0.6 is 0 Å². The lowest BCUT2D eigenvalue weighted by Gasteiger charge is -2.18. The van der Waals surface area contributed by atoms with Crippen LogP contribution in [0, 0.1) is 0 Å². The van der Waals surface area contributed by atoms with Crippen LogP contribution in [-0.2, 0) is 11.3 Å². The third-order valence-corrected chi connectivity index (χ3v) is 2.46. The number of aliphatic carboxylic acids is 1. The first-order valence-electron chi connectivity index (χ1n) is 5.74. The van der Waals surface area contributed by atoms with Gasteiger partial charge in [-0.15, -0.1) is 0 Å². The van der Waals surface area contributed by atoms with Gasteiger partial charge in [0.05, 0.1) is 0 Å². The summed E-state index contributed by atoms with van der Waals surface area (Å²) in [6, 6.07) is 5.78. The van der Waals surface area contributed by atoms with Gasteiger partial charge < -0.3 is 19.9 Å². The highest BCUT2D eigenvalue weighted by Gasteiger charge is 2.11. The summed E-state index contributed by atoms with van der Waals surface area (Å²) in [5, 5.41) is 11.5. The molecule has 1 heterocycles. The van der Waals surface area contributed by atoms with E-state index >= 15 is 0 Å². The van der Waals surface area contributed by atoms with Gasteiger partial charge in [0.15, 0.2) is 11.5 Å². The Morgan fingerprint density at radius 1 is 1.33 bits per heavy atom. The average molecular weight is 249 g/mol. The Labute approximate surface area is 105 Å². The Kier molecular flexibility index (Phi) is 4.20. The van der Waals surface area contributed by atoms with Crippen LogP contribution < -0.4 is 14.8 Å².